The van der Waals surface area contributed by atoms with Crippen LogP contribution in [0.1, 0.15) is 19.4 Å². The first kappa shape index (κ1) is 30.9. The van der Waals surface area contributed by atoms with Crippen LogP contribution >= 0.6 is 0 Å². The second-order valence-corrected chi connectivity index (χ2v) is 12.9. The molecule has 0 spiro atoms. The Bertz CT molecular complexity index is 2450. The Morgan fingerprint density at radius 2 is 1.31 bits per heavy atom. The SMILES string of the molecule is CC1(C)C=C2c3ccccc3-c3ccccc3-c3ccc(-n4cc(-c5ccccc5)c5ccc[c-]c54)[c-]c3N2[C-]=[N+]1c1ccccc1O.[Pt]. The van der Waals surface area contributed by atoms with Crippen molar-refractivity contribution in [1.82, 2.24) is 4.57 Å². The van der Waals surface area contributed by atoms with Gasteiger partial charge in [0.2, 0.25) is 6.34 Å². The quantitative estimate of drug-likeness (QED) is 0.142. The van der Waals surface area contributed by atoms with E-state index >= 15 is 0 Å². The summed E-state index contributed by atoms with van der Waals surface area (Å²) in [6, 6.07) is 53.0. The van der Waals surface area contributed by atoms with Gasteiger partial charge in [-0.25, -0.2) is 0 Å². The van der Waals surface area contributed by atoms with Crippen molar-refractivity contribution in [2.45, 2.75) is 19.4 Å². The predicted molar refractivity (Wildman–Crippen MR) is 195 cm³/mol. The molecule has 240 valence electrons. The minimum atomic E-state index is -0.509. The molecule has 0 saturated heterocycles. The zero-order valence-electron chi connectivity index (χ0n) is 27.0. The molecule has 0 atom stereocenters. The Labute approximate surface area is 300 Å². The summed E-state index contributed by atoms with van der Waals surface area (Å²) < 4.78 is 4.22. The van der Waals surface area contributed by atoms with Crippen molar-refractivity contribution in [1.29, 1.82) is 0 Å². The summed E-state index contributed by atoms with van der Waals surface area (Å²) >= 11 is 0. The maximum atomic E-state index is 11.0. The van der Waals surface area contributed by atoms with E-state index in [1.165, 1.54) is 5.56 Å². The molecule has 3 heterocycles. The molecule has 0 fully saturated rings. The molecule has 2 aliphatic rings. The van der Waals surface area contributed by atoms with Crippen molar-refractivity contribution in [3.05, 3.63) is 163 Å². The average molecular weight is 813 g/mol. The number of hydrogen-bond donors (Lipinski definition) is 1. The van der Waals surface area contributed by atoms with Crippen LogP contribution < -0.4 is 4.90 Å². The minimum Gasteiger partial charge on any atom is -0.513 e. The largest absolute Gasteiger partial charge is 0.513 e. The monoisotopic (exact) mass is 812 g/mol. The summed E-state index contributed by atoms with van der Waals surface area (Å²) in [6.07, 6.45) is 8.21. The van der Waals surface area contributed by atoms with Crippen molar-refractivity contribution >= 4 is 34.3 Å². The molecular weight excluding hydrogens is 782 g/mol. The third-order valence-electron chi connectivity index (χ3n) is 9.44. The molecule has 0 aliphatic carbocycles. The smallest absolute Gasteiger partial charge is 0.244 e. The molecule has 49 heavy (non-hydrogen) atoms. The molecule has 1 N–H and O–H groups in total. The van der Waals surface area contributed by atoms with Crippen LogP contribution in [0.4, 0.5) is 11.4 Å². The Morgan fingerprint density at radius 1 is 0.653 bits per heavy atom. The van der Waals surface area contributed by atoms with E-state index in [1.54, 1.807) is 6.07 Å². The van der Waals surface area contributed by atoms with E-state index in [9.17, 15) is 5.11 Å². The molecule has 0 amide bonds. The van der Waals surface area contributed by atoms with E-state index < -0.39 is 5.54 Å². The van der Waals surface area contributed by atoms with Crippen LogP contribution in [0.2, 0.25) is 0 Å². The first-order valence-electron chi connectivity index (χ1n) is 16.2. The van der Waals surface area contributed by atoms with E-state index in [4.69, 9.17) is 0 Å². The van der Waals surface area contributed by atoms with Gasteiger partial charge in [0.25, 0.3) is 0 Å². The number of para-hydroxylation sites is 3. The zero-order chi connectivity index (χ0) is 32.4. The molecule has 6 aromatic carbocycles. The Hall–Kier alpha value is -5.44. The molecule has 1 aromatic heterocycles. The van der Waals surface area contributed by atoms with Crippen LogP contribution in [0.3, 0.4) is 0 Å². The fourth-order valence-corrected chi connectivity index (χ4v) is 7.18. The predicted octanol–water partition coefficient (Wildman–Crippen LogP) is 10.1. The number of phenols is 1. The Balaban J connectivity index is 0.00000348. The van der Waals surface area contributed by atoms with Crippen LogP contribution in [0, 0.1) is 12.1 Å². The van der Waals surface area contributed by atoms with Gasteiger partial charge in [0.1, 0.15) is 11.3 Å². The molecule has 5 heteroatoms. The van der Waals surface area contributed by atoms with Crippen LogP contribution in [0.5, 0.6) is 5.75 Å². The molecule has 0 saturated carbocycles. The molecule has 4 nitrogen and oxygen atoms in total. The van der Waals surface area contributed by atoms with Gasteiger partial charge in [-0.3, -0.25) is 4.58 Å². The number of anilines is 1. The minimum absolute atomic E-state index is 0. The van der Waals surface area contributed by atoms with Crippen LogP contribution in [-0.2, 0) is 21.1 Å². The molecule has 9 rings (SSSR count). The second kappa shape index (κ2) is 11.9. The van der Waals surface area contributed by atoms with E-state index in [2.05, 4.69) is 145 Å². The van der Waals surface area contributed by atoms with Crippen molar-refractivity contribution in [3.8, 4) is 44.8 Å². The van der Waals surface area contributed by atoms with Crippen molar-refractivity contribution in [3.63, 3.8) is 0 Å². The molecule has 0 radical (unpaired) electrons. The van der Waals surface area contributed by atoms with Crippen molar-refractivity contribution < 1.29 is 30.7 Å². The fourth-order valence-electron chi connectivity index (χ4n) is 7.18. The van der Waals surface area contributed by atoms with Gasteiger partial charge in [-0.1, -0.05) is 120 Å². The van der Waals surface area contributed by atoms with Crippen LogP contribution in [0.25, 0.3) is 55.7 Å². The standard InChI is InChI=1S/C44H31N3O.Pt/c1-44(2)27-42-35-19-9-8-17-33(35)32-16-6-7-18-34(32)37-25-24-31(26-41(37)46(42)29-47(44)40-22-12-13-23-43(40)48)45-28-38(30-14-4-3-5-15-30)36-20-10-11-21-39(36)45;/h3-20,22-25,27-28,48H,1-2H3;/q-2;. The van der Waals surface area contributed by atoms with E-state index in [-0.39, 0.29) is 26.8 Å². The van der Waals surface area contributed by atoms with Gasteiger partial charge >= 0.3 is 0 Å². The number of aromatic nitrogens is 1. The number of nitrogens with zero attached hydrogens (tertiary/aromatic N) is 3. The molecule has 7 aromatic rings. The van der Waals surface area contributed by atoms with Gasteiger partial charge in [-0.15, -0.1) is 17.0 Å². The number of fused-ring (bicyclic) bond motifs is 9. The summed E-state index contributed by atoms with van der Waals surface area (Å²) in [6.45, 7) is 4.31. The van der Waals surface area contributed by atoms with Gasteiger partial charge < -0.3 is 14.6 Å². The van der Waals surface area contributed by atoms with E-state index in [0.717, 1.165) is 61.4 Å². The fraction of sp³-hybridized carbons (Fsp3) is 0.0682. The number of rotatable bonds is 3. The summed E-state index contributed by atoms with van der Waals surface area (Å²) in [5.74, 6) is 0.202. The van der Waals surface area contributed by atoms with Gasteiger partial charge in [0.15, 0.2) is 0 Å². The van der Waals surface area contributed by atoms with Gasteiger partial charge in [-0.2, -0.15) is 36.4 Å². The van der Waals surface area contributed by atoms with E-state index in [1.807, 2.05) is 41.0 Å². The number of hydrogen-bond acceptors (Lipinski definition) is 2. The number of aromatic hydroxyl groups is 1. The van der Waals surface area contributed by atoms with Crippen LogP contribution in [0.15, 0.2) is 146 Å². The molecular formula is C44H31N3OPt-2. The van der Waals surface area contributed by atoms with Gasteiger partial charge in [-0.05, 0) is 53.8 Å². The summed E-state index contributed by atoms with van der Waals surface area (Å²) in [5, 5.41) is 12.2. The number of phenolic OH excluding ortho intramolecular Hbond substituents is 1. The summed E-state index contributed by atoms with van der Waals surface area (Å²) in [4.78, 5) is 2.12. The summed E-state index contributed by atoms with van der Waals surface area (Å²) in [5.41, 5.74) is 11.8. The first-order chi connectivity index (χ1) is 23.5. The third kappa shape index (κ3) is 4.98. The second-order valence-electron chi connectivity index (χ2n) is 12.9. The number of benzene rings is 6. The normalized spacial score (nSPS) is 14.2. The third-order valence-corrected chi connectivity index (χ3v) is 9.44. The molecule has 0 unspecified atom stereocenters. The maximum Gasteiger partial charge on any atom is 0.244 e. The van der Waals surface area contributed by atoms with E-state index in [0.29, 0.717) is 5.69 Å². The van der Waals surface area contributed by atoms with Gasteiger partial charge in [0, 0.05) is 27.3 Å². The van der Waals surface area contributed by atoms with Crippen LogP contribution in [-0.4, -0.2) is 26.1 Å². The molecule has 2 aliphatic heterocycles. The summed E-state index contributed by atoms with van der Waals surface area (Å²) in [7, 11) is 0. The average Bonchev–Trinajstić information content (AvgIpc) is 3.51. The molecule has 0 bridgehead atoms. The van der Waals surface area contributed by atoms with Crippen molar-refractivity contribution in [2.75, 3.05) is 4.90 Å². The Kier molecular flexibility index (Phi) is 7.50. The Morgan fingerprint density at radius 3 is 2.06 bits per heavy atom. The van der Waals surface area contributed by atoms with Gasteiger partial charge in [0.05, 0.1) is 11.4 Å². The maximum absolute atomic E-state index is 11.0. The topological polar surface area (TPSA) is 31.4 Å². The van der Waals surface area contributed by atoms with Crippen molar-refractivity contribution in [2.24, 2.45) is 0 Å². The first-order valence-corrected chi connectivity index (χ1v) is 16.2. The zero-order valence-corrected chi connectivity index (χ0v) is 29.2.